The molecule has 32 heavy (non-hydrogen) atoms. The number of aryl methyl sites for hydroxylation is 1. The molecule has 2 aromatic heterocycles. The highest BCUT2D eigenvalue weighted by molar-refractivity contribution is 6.09. The number of pyridine rings is 1. The first kappa shape index (κ1) is 20.5. The van der Waals surface area contributed by atoms with E-state index in [4.69, 9.17) is 4.98 Å². The largest absolute Gasteiger partial charge is 0.294 e. The molecule has 0 spiro atoms. The molecule has 5 aromatic rings. The number of aromatic nitrogens is 2. The number of fused-ring (bicyclic) bond motifs is 3. The van der Waals surface area contributed by atoms with E-state index in [1.165, 1.54) is 49.6 Å². The lowest BCUT2D eigenvalue weighted by molar-refractivity contribution is 0.837. The Balaban J connectivity index is 1.84. The summed E-state index contributed by atoms with van der Waals surface area (Å²) in [6, 6.07) is 26.3. The van der Waals surface area contributed by atoms with E-state index >= 15 is 0 Å². The van der Waals surface area contributed by atoms with Crippen molar-refractivity contribution in [3.05, 3.63) is 95.7 Å². The van der Waals surface area contributed by atoms with Crippen molar-refractivity contribution in [2.45, 2.75) is 46.5 Å². The van der Waals surface area contributed by atoms with Crippen molar-refractivity contribution in [3.63, 3.8) is 0 Å². The van der Waals surface area contributed by atoms with Crippen molar-refractivity contribution in [1.29, 1.82) is 0 Å². The Labute approximate surface area is 190 Å². The lowest BCUT2D eigenvalue weighted by atomic mass is 9.84. The summed E-state index contributed by atoms with van der Waals surface area (Å²) in [4.78, 5) is 4.92. The maximum absolute atomic E-state index is 4.92. The minimum atomic E-state index is 0.452. The van der Waals surface area contributed by atoms with Gasteiger partial charge in [0.15, 0.2) is 0 Å². The number of benzene rings is 3. The normalized spacial score (nSPS) is 11.8. The molecule has 0 aliphatic carbocycles. The van der Waals surface area contributed by atoms with Crippen LogP contribution in [0.3, 0.4) is 0 Å². The zero-order valence-corrected chi connectivity index (χ0v) is 19.6. The van der Waals surface area contributed by atoms with Gasteiger partial charge in [0.25, 0.3) is 0 Å². The lowest BCUT2D eigenvalue weighted by Crippen LogP contribution is -2.03. The summed E-state index contributed by atoms with van der Waals surface area (Å²) in [6.07, 6.45) is 2.04. The average molecular weight is 419 g/mol. The van der Waals surface area contributed by atoms with Crippen LogP contribution in [0.25, 0.3) is 38.8 Å². The van der Waals surface area contributed by atoms with Crippen LogP contribution in [0.2, 0.25) is 0 Å². The fourth-order valence-corrected chi connectivity index (χ4v) is 4.94. The molecule has 2 heterocycles. The van der Waals surface area contributed by atoms with E-state index in [2.05, 4.69) is 112 Å². The van der Waals surface area contributed by atoms with E-state index in [0.717, 1.165) is 5.82 Å². The molecule has 3 aromatic carbocycles. The molecule has 0 unspecified atom stereocenters. The van der Waals surface area contributed by atoms with E-state index < -0.39 is 0 Å². The third kappa shape index (κ3) is 3.22. The molecule has 2 heteroatoms. The van der Waals surface area contributed by atoms with Gasteiger partial charge in [-0.1, -0.05) is 82.3 Å². The molecular formula is C30H30N2. The van der Waals surface area contributed by atoms with Gasteiger partial charge in [-0.25, -0.2) is 4.98 Å². The second-order valence-corrected chi connectivity index (χ2v) is 9.35. The van der Waals surface area contributed by atoms with Gasteiger partial charge < -0.3 is 0 Å². The molecule has 0 N–H and O–H groups in total. The highest BCUT2D eigenvalue weighted by atomic mass is 15.1. The molecule has 0 aliphatic rings. The van der Waals surface area contributed by atoms with Crippen molar-refractivity contribution in [2.24, 2.45) is 0 Å². The number of nitrogens with zero attached hydrogens (tertiary/aromatic N) is 2. The van der Waals surface area contributed by atoms with Crippen LogP contribution in [0.15, 0.2) is 79.0 Å². The Hall–Kier alpha value is -3.39. The highest BCUT2D eigenvalue weighted by Crippen LogP contribution is 2.39. The maximum Gasteiger partial charge on any atom is 0.138 e. The van der Waals surface area contributed by atoms with Gasteiger partial charge in [-0.2, -0.15) is 0 Å². The summed E-state index contributed by atoms with van der Waals surface area (Å²) in [7, 11) is 0. The molecule has 0 atom stereocenters. The topological polar surface area (TPSA) is 17.8 Å². The summed E-state index contributed by atoms with van der Waals surface area (Å²) >= 11 is 0. The summed E-state index contributed by atoms with van der Waals surface area (Å²) < 4.78 is 2.31. The van der Waals surface area contributed by atoms with E-state index in [1.807, 2.05) is 6.20 Å². The maximum atomic E-state index is 4.92. The fourth-order valence-electron chi connectivity index (χ4n) is 4.94. The van der Waals surface area contributed by atoms with Crippen LogP contribution < -0.4 is 0 Å². The Morgan fingerprint density at radius 3 is 1.75 bits per heavy atom. The van der Waals surface area contributed by atoms with Crippen molar-refractivity contribution in [1.82, 2.24) is 9.55 Å². The van der Waals surface area contributed by atoms with Gasteiger partial charge in [-0.3, -0.25) is 4.57 Å². The highest BCUT2D eigenvalue weighted by Gasteiger charge is 2.19. The zero-order valence-electron chi connectivity index (χ0n) is 19.6. The SMILES string of the molecule is Cc1cnc(-n2c3ccccc3c3ccccc32)cc1-c1c(C(C)C)cccc1C(C)C. The number of hydrogen-bond donors (Lipinski definition) is 0. The third-order valence-electron chi connectivity index (χ3n) is 6.54. The van der Waals surface area contributed by atoms with E-state index in [0.29, 0.717) is 11.8 Å². The molecule has 0 saturated carbocycles. The predicted molar refractivity (Wildman–Crippen MR) is 137 cm³/mol. The first-order chi connectivity index (χ1) is 15.5. The van der Waals surface area contributed by atoms with Crippen LogP contribution in [-0.4, -0.2) is 9.55 Å². The molecule has 0 fully saturated rings. The number of para-hydroxylation sites is 2. The van der Waals surface area contributed by atoms with Gasteiger partial charge in [-0.15, -0.1) is 0 Å². The summed E-state index contributed by atoms with van der Waals surface area (Å²) in [5.41, 5.74) is 9.06. The summed E-state index contributed by atoms with van der Waals surface area (Å²) in [5.74, 6) is 1.87. The molecule has 5 rings (SSSR count). The number of hydrogen-bond acceptors (Lipinski definition) is 1. The fraction of sp³-hybridized carbons (Fsp3) is 0.233. The van der Waals surface area contributed by atoms with E-state index in [1.54, 1.807) is 0 Å². The minimum Gasteiger partial charge on any atom is -0.294 e. The zero-order chi connectivity index (χ0) is 22.4. The molecule has 160 valence electrons. The van der Waals surface area contributed by atoms with Crippen molar-refractivity contribution in [2.75, 3.05) is 0 Å². The third-order valence-corrected chi connectivity index (χ3v) is 6.54. The van der Waals surface area contributed by atoms with Crippen LogP contribution in [0, 0.1) is 6.92 Å². The second-order valence-electron chi connectivity index (χ2n) is 9.35. The quantitative estimate of drug-likeness (QED) is 0.286. The first-order valence-electron chi connectivity index (χ1n) is 11.6. The Morgan fingerprint density at radius 2 is 1.22 bits per heavy atom. The molecule has 0 aliphatic heterocycles. The molecule has 0 radical (unpaired) electrons. The molecule has 2 nitrogen and oxygen atoms in total. The Morgan fingerprint density at radius 1 is 0.688 bits per heavy atom. The predicted octanol–water partition coefficient (Wildman–Crippen LogP) is 8.40. The van der Waals surface area contributed by atoms with E-state index in [9.17, 15) is 0 Å². The minimum absolute atomic E-state index is 0.452. The second kappa shape index (κ2) is 7.94. The van der Waals surface area contributed by atoms with Crippen molar-refractivity contribution >= 4 is 21.8 Å². The van der Waals surface area contributed by atoms with Crippen molar-refractivity contribution in [3.8, 4) is 16.9 Å². The molecule has 0 bridgehead atoms. The van der Waals surface area contributed by atoms with Crippen LogP contribution in [-0.2, 0) is 0 Å². The smallest absolute Gasteiger partial charge is 0.138 e. The van der Waals surface area contributed by atoms with Crippen molar-refractivity contribution < 1.29 is 0 Å². The van der Waals surface area contributed by atoms with Gasteiger partial charge in [0.05, 0.1) is 11.0 Å². The van der Waals surface area contributed by atoms with Crippen LogP contribution in [0.4, 0.5) is 0 Å². The Bertz CT molecular complexity index is 1360. The molecule has 0 saturated heterocycles. The lowest BCUT2D eigenvalue weighted by Gasteiger charge is -2.22. The molecular weight excluding hydrogens is 388 g/mol. The van der Waals surface area contributed by atoms with Gasteiger partial charge in [0, 0.05) is 17.0 Å². The molecule has 0 amide bonds. The summed E-state index contributed by atoms with van der Waals surface area (Å²) in [6.45, 7) is 11.3. The van der Waals surface area contributed by atoms with Crippen LogP contribution in [0.1, 0.15) is 56.2 Å². The average Bonchev–Trinajstić information content (AvgIpc) is 3.13. The number of rotatable bonds is 4. The first-order valence-corrected chi connectivity index (χ1v) is 11.6. The van der Waals surface area contributed by atoms with Gasteiger partial charge in [-0.05, 0) is 64.8 Å². The monoisotopic (exact) mass is 418 g/mol. The van der Waals surface area contributed by atoms with Crippen LogP contribution >= 0.6 is 0 Å². The van der Waals surface area contributed by atoms with Crippen LogP contribution in [0.5, 0.6) is 0 Å². The van der Waals surface area contributed by atoms with E-state index in [-0.39, 0.29) is 0 Å². The van der Waals surface area contributed by atoms with Gasteiger partial charge in [0.2, 0.25) is 0 Å². The van der Waals surface area contributed by atoms with Gasteiger partial charge in [0.1, 0.15) is 5.82 Å². The Kier molecular flexibility index (Phi) is 5.09. The van der Waals surface area contributed by atoms with Gasteiger partial charge >= 0.3 is 0 Å². The standard InChI is InChI=1S/C30H30N2/c1-19(2)22-13-10-14-23(20(3)4)30(22)26-17-29(31-18-21(26)5)32-27-15-8-6-11-24(27)25-12-7-9-16-28(25)32/h6-20H,1-5H3. The summed E-state index contributed by atoms with van der Waals surface area (Å²) in [5, 5.41) is 2.52.